The van der Waals surface area contributed by atoms with Crippen molar-refractivity contribution in [2.45, 2.75) is 19.8 Å². The zero-order valence-corrected chi connectivity index (χ0v) is 12.2. The van der Waals surface area contributed by atoms with E-state index in [0.29, 0.717) is 16.9 Å². The van der Waals surface area contributed by atoms with Gasteiger partial charge in [-0.1, -0.05) is 18.2 Å². The molecule has 2 aromatic heterocycles. The Kier molecular flexibility index (Phi) is 3.39. The van der Waals surface area contributed by atoms with Crippen LogP contribution in [-0.2, 0) is 0 Å². The lowest BCUT2D eigenvalue weighted by Crippen LogP contribution is -2.15. The molecule has 0 bridgehead atoms. The van der Waals surface area contributed by atoms with Crippen LogP contribution in [0.15, 0.2) is 30.3 Å². The van der Waals surface area contributed by atoms with Crippen LogP contribution < -0.4 is 0 Å². The maximum Gasteiger partial charge on any atom is 0.206 e. The molecule has 2 heterocycles. The van der Waals surface area contributed by atoms with Crippen LogP contribution in [0.4, 0.5) is 0 Å². The average molecular weight is 291 g/mol. The Morgan fingerprint density at radius 2 is 2.05 bits per heavy atom. The third-order valence-corrected chi connectivity index (χ3v) is 3.38. The molecule has 6 nitrogen and oxygen atoms in total. The number of hydrogen-bond acceptors (Lipinski definition) is 5. The highest BCUT2D eigenvalue weighted by molar-refractivity contribution is 6.09. The molecule has 22 heavy (non-hydrogen) atoms. The van der Waals surface area contributed by atoms with Gasteiger partial charge in [-0.2, -0.15) is 10.4 Å². The Balaban J connectivity index is 2.07. The van der Waals surface area contributed by atoms with Gasteiger partial charge in [0, 0.05) is 11.1 Å². The fraction of sp³-hybridized carbons (Fsp3) is 0.188. The van der Waals surface area contributed by atoms with Gasteiger partial charge in [-0.25, -0.2) is 9.97 Å². The van der Waals surface area contributed by atoms with Crippen molar-refractivity contribution in [2.24, 2.45) is 0 Å². The number of H-pyrrole nitrogens is 1. The van der Waals surface area contributed by atoms with Gasteiger partial charge >= 0.3 is 0 Å². The van der Waals surface area contributed by atoms with Crippen molar-refractivity contribution < 1.29 is 4.79 Å². The molecule has 1 N–H and O–H groups in total. The molecular weight excluding hydrogens is 278 g/mol. The highest BCUT2D eigenvalue weighted by atomic mass is 16.1. The van der Waals surface area contributed by atoms with Gasteiger partial charge in [0.1, 0.15) is 11.5 Å². The number of ketones is 1. The van der Waals surface area contributed by atoms with E-state index in [1.807, 2.05) is 24.3 Å². The highest BCUT2D eigenvalue weighted by Crippen LogP contribution is 2.23. The first kappa shape index (κ1) is 13.9. The van der Waals surface area contributed by atoms with Crippen LogP contribution in [0.3, 0.4) is 0 Å². The van der Waals surface area contributed by atoms with E-state index in [9.17, 15) is 10.1 Å². The number of aromatic nitrogens is 4. The number of nitrogens with zero attached hydrogens (tertiary/aromatic N) is 4. The van der Waals surface area contributed by atoms with Crippen molar-refractivity contribution in [3.05, 3.63) is 53.2 Å². The molecule has 108 valence electrons. The molecule has 0 saturated carbocycles. The van der Waals surface area contributed by atoms with E-state index < -0.39 is 5.92 Å². The first-order valence-corrected chi connectivity index (χ1v) is 6.79. The van der Waals surface area contributed by atoms with Gasteiger partial charge in [-0.3, -0.25) is 9.89 Å². The molecule has 1 atom stereocenters. The Morgan fingerprint density at radius 1 is 1.27 bits per heavy atom. The van der Waals surface area contributed by atoms with Crippen LogP contribution in [0.2, 0.25) is 0 Å². The van der Waals surface area contributed by atoms with Crippen molar-refractivity contribution in [3.8, 4) is 6.07 Å². The summed E-state index contributed by atoms with van der Waals surface area (Å²) in [7, 11) is 0. The Hall–Kier alpha value is -3.07. The first-order chi connectivity index (χ1) is 10.6. The molecule has 6 heteroatoms. The number of fused-ring (bicyclic) bond motifs is 1. The van der Waals surface area contributed by atoms with Gasteiger partial charge in [-0.05, 0) is 26.0 Å². The minimum atomic E-state index is -0.993. The van der Waals surface area contributed by atoms with Gasteiger partial charge < -0.3 is 0 Å². The van der Waals surface area contributed by atoms with Crippen LogP contribution in [0.5, 0.6) is 0 Å². The second-order valence-corrected chi connectivity index (χ2v) is 5.03. The monoisotopic (exact) mass is 291 g/mol. The third-order valence-electron chi connectivity index (χ3n) is 3.38. The smallest absolute Gasteiger partial charge is 0.206 e. The van der Waals surface area contributed by atoms with E-state index in [1.54, 1.807) is 26.0 Å². The van der Waals surface area contributed by atoms with Crippen molar-refractivity contribution in [2.75, 3.05) is 0 Å². The molecule has 0 unspecified atom stereocenters. The number of nitriles is 1. The van der Waals surface area contributed by atoms with Crippen LogP contribution in [0, 0.1) is 25.2 Å². The van der Waals surface area contributed by atoms with Gasteiger partial charge in [0.2, 0.25) is 5.78 Å². The number of carbonyl (C=O) groups excluding carboxylic acids is 1. The SMILES string of the molecule is Cc1cc([C@@H](C#N)C(=O)c2n[nH]c3ccccc23)nc(C)n1. The number of nitrogens with one attached hydrogen (secondary N) is 1. The molecule has 0 spiro atoms. The zero-order valence-electron chi connectivity index (χ0n) is 12.2. The topological polar surface area (TPSA) is 95.3 Å². The summed E-state index contributed by atoms with van der Waals surface area (Å²) >= 11 is 0. The standard InChI is InChI=1S/C16H13N5O/c1-9-7-14(19-10(2)18-9)12(8-17)16(22)15-11-5-3-4-6-13(11)20-21-15/h3-7,12H,1-2H3,(H,20,21)/t12-/m1/s1. The lowest BCUT2D eigenvalue weighted by Gasteiger charge is -2.08. The predicted molar refractivity (Wildman–Crippen MR) is 80.3 cm³/mol. The van der Waals surface area contributed by atoms with Gasteiger partial charge in [0.05, 0.1) is 17.3 Å². The second kappa shape index (κ2) is 5.37. The van der Waals surface area contributed by atoms with Gasteiger partial charge in [0.25, 0.3) is 0 Å². The van der Waals surface area contributed by atoms with E-state index in [0.717, 1.165) is 11.2 Å². The fourth-order valence-corrected chi connectivity index (χ4v) is 2.44. The van der Waals surface area contributed by atoms with Crippen molar-refractivity contribution in [1.29, 1.82) is 5.26 Å². The summed E-state index contributed by atoms with van der Waals surface area (Å²) in [5.74, 6) is -0.820. The molecule has 3 rings (SSSR count). The minimum Gasteiger partial charge on any atom is -0.290 e. The second-order valence-electron chi connectivity index (χ2n) is 5.03. The Morgan fingerprint density at radius 3 is 2.77 bits per heavy atom. The van der Waals surface area contributed by atoms with E-state index in [-0.39, 0.29) is 11.5 Å². The molecule has 3 aromatic rings. The molecular formula is C16H13N5O. The average Bonchev–Trinajstić information content (AvgIpc) is 2.90. The third kappa shape index (κ3) is 2.33. The summed E-state index contributed by atoms with van der Waals surface area (Å²) in [6.07, 6.45) is 0. The predicted octanol–water partition coefficient (Wildman–Crippen LogP) is 2.46. The molecule has 0 aliphatic carbocycles. The lowest BCUT2D eigenvalue weighted by atomic mass is 9.97. The van der Waals surface area contributed by atoms with E-state index >= 15 is 0 Å². The van der Waals surface area contributed by atoms with Crippen LogP contribution >= 0.6 is 0 Å². The number of carbonyl (C=O) groups is 1. The highest BCUT2D eigenvalue weighted by Gasteiger charge is 2.27. The summed E-state index contributed by atoms with van der Waals surface area (Å²) in [5.41, 5.74) is 2.15. The van der Waals surface area contributed by atoms with E-state index in [1.165, 1.54) is 0 Å². The molecule has 0 aliphatic heterocycles. The summed E-state index contributed by atoms with van der Waals surface area (Å²) in [4.78, 5) is 21.1. The maximum absolute atomic E-state index is 12.7. The van der Waals surface area contributed by atoms with Crippen molar-refractivity contribution in [3.63, 3.8) is 0 Å². The number of aromatic amines is 1. The molecule has 0 aliphatic rings. The number of hydrogen-bond donors (Lipinski definition) is 1. The maximum atomic E-state index is 12.7. The van der Waals surface area contributed by atoms with Crippen molar-refractivity contribution >= 4 is 16.7 Å². The van der Waals surface area contributed by atoms with E-state index in [2.05, 4.69) is 20.2 Å². The number of Topliss-reactive ketones (excluding diaryl/α,β-unsaturated/α-hetero) is 1. The molecule has 0 amide bonds. The Bertz CT molecular complexity index is 886. The van der Waals surface area contributed by atoms with E-state index in [4.69, 9.17) is 0 Å². The fourth-order valence-electron chi connectivity index (χ4n) is 2.44. The molecule has 0 saturated heterocycles. The molecule has 0 fully saturated rings. The zero-order chi connectivity index (χ0) is 15.7. The largest absolute Gasteiger partial charge is 0.290 e. The first-order valence-electron chi connectivity index (χ1n) is 6.79. The quantitative estimate of drug-likeness (QED) is 0.748. The number of aryl methyl sites for hydroxylation is 2. The summed E-state index contributed by atoms with van der Waals surface area (Å²) in [6, 6.07) is 11.0. The summed E-state index contributed by atoms with van der Waals surface area (Å²) in [6.45, 7) is 3.54. The van der Waals surface area contributed by atoms with Gasteiger partial charge in [0.15, 0.2) is 5.92 Å². The summed E-state index contributed by atoms with van der Waals surface area (Å²) < 4.78 is 0. The molecule has 1 aromatic carbocycles. The normalized spacial score (nSPS) is 12.0. The van der Waals surface area contributed by atoms with Crippen LogP contribution in [0.1, 0.15) is 33.6 Å². The molecule has 0 radical (unpaired) electrons. The van der Waals surface area contributed by atoms with Crippen LogP contribution in [0.25, 0.3) is 10.9 Å². The summed E-state index contributed by atoms with van der Waals surface area (Å²) in [5, 5.41) is 17.0. The van der Waals surface area contributed by atoms with Gasteiger partial charge in [-0.15, -0.1) is 0 Å². The number of para-hydroxylation sites is 1. The lowest BCUT2D eigenvalue weighted by molar-refractivity contribution is 0.0974. The number of benzene rings is 1. The minimum absolute atomic E-state index is 0.260. The van der Waals surface area contributed by atoms with Crippen LogP contribution in [-0.4, -0.2) is 25.9 Å². The Labute approximate surface area is 126 Å². The number of rotatable bonds is 3. The van der Waals surface area contributed by atoms with Crippen molar-refractivity contribution in [1.82, 2.24) is 20.2 Å².